The average Bonchev–Trinajstić information content (AvgIpc) is 3.12. The van der Waals surface area contributed by atoms with Gasteiger partial charge in [-0.25, -0.2) is 4.68 Å². The summed E-state index contributed by atoms with van der Waals surface area (Å²) in [5.41, 5.74) is 3.24. The Morgan fingerprint density at radius 1 is 1.27 bits per heavy atom. The Kier molecular flexibility index (Phi) is 4.32. The van der Waals surface area contributed by atoms with E-state index in [4.69, 9.17) is 0 Å². The number of nitrogens with one attached hydrogen (secondary N) is 2. The van der Waals surface area contributed by atoms with E-state index in [-0.39, 0.29) is 24.3 Å². The van der Waals surface area contributed by atoms with Crippen LogP contribution in [-0.4, -0.2) is 40.4 Å². The second-order valence-corrected chi connectivity index (χ2v) is 6.98. The molecule has 26 heavy (non-hydrogen) atoms. The second-order valence-electron chi connectivity index (χ2n) is 6.98. The summed E-state index contributed by atoms with van der Waals surface area (Å²) < 4.78 is 1.42. The molecular weight excluding hydrogens is 332 g/mol. The lowest BCUT2D eigenvalue weighted by atomic mass is 9.85. The Balaban J connectivity index is 1.33. The molecule has 0 saturated heterocycles. The summed E-state index contributed by atoms with van der Waals surface area (Å²) in [6.07, 6.45) is 5.53. The number of anilines is 3. The van der Waals surface area contributed by atoms with Crippen molar-refractivity contribution in [3.8, 4) is 0 Å². The number of amides is 2. The molecule has 8 heteroatoms. The van der Waals surface area contributed by atoms with Crippen LogP contribution in [0.15, 0.2) is 24.4 Å². The van der Waals surface area contributed by atoms with Crippen molar-refractivity contribution in [2.24, 2.45) is 5.92 Å². The van der Waals surface area contributed by atoms with Gasteiger partial charge in [0.05, 0.1) is 6.20 Å². The van der Waals surface area contributed by atoms with E-state index in [2.05, 4.69) is 32.9 Å². The van der Waals surface area contributed by atoms with E-state index in [9.17, 15) is 9.59 Å². The van der Waals surface area contributed by atoms with Crippen molar-refractivity contribution in [3.05, 3.63) is 30.0 Å². The molecule has 0 unspecified atom stereocenters. The number of hydrogen-bond acceptors (Lipinski definition) is 5. The maximum Gasteiger partial charge on any atom is 0.246 e. The van der Waals surface area contributed by atoms with Crippen LogP contribution in [0, 0.1) is 5.92 Å². The summed E-state index contributed by atoms with van der Waals surface area (Å²) in [6, 6.07) is 5.95. The van der Waals surface area contributed by atoms with Crippen LogP contribution in [0.2, 0.25) is 0 Å². The fraction of sp³-hybridized carbons (Fsp3) is 0.444. The quantitative estimate of drug-likeness (QED) is 0.852. The lowest BCUT2D eigenvalue weighted by Gasteiger charge is -2.23. The minimum atomic E-state index is -0.182. The van der Waals surface area contributed by atoms with E-state index < -0.39 is 0 Å². The van der Waals surface area contributed by atoms with Gasteiger partial charge in [-0.05, 0) is 43.0 Å². The number of likely N-dealkylation sites (N-methyl/N-ethyl adjacent to an activating group) is 1. The molecular formula is C18H22N6O2. The number of aromatic nitrogens is 3. The molecule has 1 aliphatic carbocycles. The number of rotatable bonds is 5. The lowest BCUT2D eigenvalue weighted by molar-refractivity contribution is -0.122. The van der Waals surface area contributed by atoms with Crippen LogP contribution in [0.3, 0.4) is 0 Å². The molecule has 0 bridgehead atoms. The van der Waals surface area contributed by atoms with Crippen LogP contribution < -0.4 is 15.5 Å². The summed E-state index contributed by atoms with van der Waals surface area (Å²) in [7, 11) is 2.07. The third-order valence-corrected chi connectivity index (χ3v) is 5.06. The monoisotopic (exact) mass is 354 g/mol. The van der Waals surface area contributed by atoms with Gasteiger partial charge in [-0.1, -0.05) is 11.6 Å². The molecule has 2 N–H and O–H groups in total. The Morgan fingerprint density at radius 3 is 2.88 bits per heavy atom. The molecule has 1 saturated carbocycles. The van der Waals surface area contributed by atoms with E-state index >= 15 is 0 Å². The molecule has 2 amide bonds. The molecule has 0 atom stereocenters. The van der Waals surface area contributed by atoms with Gasteiger partial charge in [0.2, 0.25) is 11.8 Å². The number of benzene rings is 1. The maximum atomic E-state index is 12.2. The topological polar surface area (TPSA) is 92.2 Å². The molecule has 1 fully saturated rings. The van der Waals surface area contributed by atoms with Crippen molar-refractivity contribution in [3.63, 3.8) is 0 Å². The highest BCUT2D eigenvalue weighted by Gasteiger charge is 2.25. The molecule has 0 radical (unpaired) electrons. The van der Waals surface area contributed by atoms with Crippen LogP contribution in [0.5, 0.6) is 0 Å². The standard InChI is InChI=1S/C18H22N6O2/c1-23-8-7-13-9-14(5-6-15(13)23)19-17(25)11-24-10-16(21-22-24)20-18(26)12-3-2-4-12/h5-6,9-10,12H,2-4,7-8,11H2,1H3,(H,19,25)(H,20,26). The number of carbonyl (C=O) groups excluding carboxylic acids is 2. The maximum absolute atomic E-state index is 12.2. The molecule has 1 aliphatic heterocycles. The Labute approximate surface area is 151 Å². The molecule has 4 rings (SSSR count). The van der Waals surface area contributed by atoms with Gasteiger partial charge in [-0.3, -0.25) is 9.59 Å². The van der Waals surface area contributed by atoms with Gasteiger partial charge < -0.3 is 15.5 Å². The van der Waals surface area contributed by atoms with E-state index in [0.717, 1.165) is 37.9 Å². The minimum absolute atomic E-state index is 0.0177. The first kappa shape index (κ1) is 16.6. The van der Waals surface area contributed by atoms with Crippen LogP contribution in [0.25, 0.3) is 0 Å². The fourth-order valence-electron chi connectivity index (χ4n) is 3.32. The number of nitrogens with zero attached hydrogens (tertiary/aromatic N) is 4. The Hall–Kier alpha value is -2.90. The lowest BCUT2D eigenvalue weighted by Crippen LogP contribution is -2.28. The first-order chi connectivity index (χ1) is 12.6. The van der Waals surface area contributed by atoms with Crippen molar-refractivity contribution in [2.75, 3.05) is 29.1 Å². The zero-order valence-electron chi connectivity index (χ0n) is 14.7. The molecule has 1 aromatic carbocycles. The molecule has 2 aromatic rings. The highest BCUT2D eigenvalue weighted by molar-refractivity contribution is 5.92. The fourth-order valence-corrected chi connectivity index (χ4v) is 3.32. The third kappa shape index (κ3) is 3.40. The summed E-state index contributed by atoms with van der Waals surface area (Å²) in [4.78, 5) is 26.4. The molecule has 136 valence electrons. The van der Waals surface area contributed by atoms with Crippen molar-refractivity contribution in [1.82, 2.24) is 15.0 Å². The van der Waals surface area contributed by atoms with Crippen molar-refractivity contribution in [1.29, 1.82) is 0 Å². The van der Waals surface area contributed by atoms with Crippen LogP contribution in [-0.2, 0) is 22.6 Å². The highest BCUT2D eigenvalue weighted by Crippen LogP contribution is 2.29. The SMILES string of the molecule is CN1CCc2cc(NC(=O)Cn3cc(NC(=O)C4CCC4)nn3)ccc21. The molecule has 2 heterocycles. The van der Waals surface area contributed by atoms with Gasteiger partial charge in [0.25, 0.3) is 0 Å². The average molecular weight is 354 g/mol. The minimum Gasteiger partial charge on any atom is -0.374 e. The van der Waals surface area contributed by atoms with Gasteiger partial charge in [-0.2, -0.15) is 0 Å². The molecule has 8 nitrogen and oxygen atoms in total. The van der Waals surface area contributed by atoms with Crippen molar-refractivity contribution in [2.45, 2.75) is 32.2 Å². The van der Waals surface area contributed by atoms with Crippen LogP contribution in [0.1, 0.15) is 24.8 Å². The molecule has 0 spiro atoms. The van der Waals surface area contributed by atoms with Gasteiger partial charge in [-0.15, -0.1) is 5.10 Å². The number of carbonyl (C=O) groups is 2. The molecule has 2 aliphatic rings. The molecule has 1 aromatic heterocycles. The zero-order valence-corrected chi connectivity index (χ0v) is 14.7. The van der Waals surface area contributed by atoms with Gasteiger partial charge >= 0.3 is 0 Å². The predicted octanol–water partition coefficient (Wildman–Crippen LogP) is 1.65. The van der Waals surface area contributed by atoms with Crippen molar-refractivity contribution < 1.29 is 9.59 Å². The first-order valence-electron chi connectivity index (χ1n) is 8.93. The largest absolute Gasteiger partial charge is 0.374 e. The summed E-state index contributed by atoms with van der Waals surface area (Å²) >= 11 is 0. The van der Waals surface area contributed by atoms with E-state index in [1.165, 1.54) is 15.9 Å². The zero-order chi connectivity index (χ0) is 18.1. The van der Waals surface area contributed by atoms with Gasteiger partial charge in [0.1, 0.15) is 6.54 Å². The number of fused-ring (bicyclic) bond motifs is 1. The third-order valence-electron chi connectivity index (χ3n) is 5.06. The Bertz CT molecular complexity index is 842. The highest BCUT2D eigenvalue weighted by atomic mass is 16.2. The van der Waals surface area contributed by atoms with Crippen LogP contribution >= 0.6 is 0 Å². The summed E-state index contributed by atoms with van der Waals surface area (Å²) in [6.45, 7) is 1.05. The Morgan fingerprint density at radius 2 is 2.12 bits per heavy atom. The van der Waals surface area contributed by atoms with Gasteiger partial charge in [0.15, 0.2) is 5.82 Å². The van der Waals surface area contributed by atoms with E-state index in [1.807, 2.05) is 18.2 Å². The van der Waals surface area contributed by atoms with Crippen molar-refractivity contribution >= 4 is 29.0 Å². The summed E-state index contributed by atoms with van der Waals surface area (Å²) in [5, 5.41) is 13.5. The second kappa shape index (κ2) is 6.78. The summed E-state index contributed by atoms with van der Waals surface area (Å²) in [5.74, 6) is 0.270. The first-order valence-corrected chi connectivity index (χ1v) is 8.93. The normalized spacial score (nSPS) is 16.1. The number of hydrogen-bond donors (Lipinski definition) is 2. The smallest absolute Gasteiger partial charge is 0.246 e. The predicted molar refractivity (Wildman–Crippen MR) is 98.0 cm³/mol. The van der Waals surface area contributed by atoms with Gasteiger partial charge in [0, 0.05) is 30.9 Å². The van der Waals surface area contributed by atoms with Crippen LogP contribution in [0.4, 0.5) is 17.2 Å². The van der Waals surface area contributed by atoms with E-state index in [0.29, 0.717) is 5.82 Å². The van der Waals surface area contributed by atoms with E-state index in [1.54, 1.807) is 6.20 Å².